The highest BCUT2D eigenvalue weighted by atomic mass is 16.5. The van der Waals surface area contributed by atoms with Gasteiger partial charge in [0, 0.05) is 0 Å². The third kappa shape index (κ3) is 2.79. The highest BCUT2D eigenvalue weighted by molar-refractivity contribution is 6.22. The number of hydrogen-bond acceptors (Lipinski definition) is 3. The van der Waals surface area contributed by atoms with Crippen molar-refractivity contribution in [2.24, 2.45) is 11.8 Å². The number of hydrogen-bond donors (Lipinski definition) is 0. The van der Waals surface area contributed by atoms with Gasteiger partial charge in [0.1, 0.15) is 11.5 Å². The third-order valence-corrected chi connectivity index (χ3v) is 5.56. The van der Waals surface area contributed by atoms with Gasteiger partial charge in [-0.3, -0.25) is 14.5 Å². The predicted octanol–water partition coefficient (Wildman–Crippen LogP) is 4.78. The highest BCUT2D eigenvalue weighted by Gasteiger charge is 2.48. The highest BCUT2D eigenvalue weighted by Crippen LogP contribution is 2.40. The maximum atomic E-state index is 12.7. The summed E-state index contributed by atoms with van der Waals surface area (Å²) in [6.07, 6.45) is 3.74. The van der Waals surface area contributed by atoms with Gasteiger partial charge in [-0.15, -0.1) is 0 Å². The number of nitrogens with zero attached hydrogens (tertiary/aromatic N) is 1. The van der Waals surface area contributed by atoms with Gasteiger partial charge < -0.3 is 4.74 Å². The van der Waals surface area contributed by atoms with Crippen LogP contribution in [0.25, 0.3) is 0 Å². The molecule has 134 valence electrons. The Labute approximate surface area is 153 Å². The molecule has 0 N–H and O–H groups in total. The summed E-state index contributed by atoms with van der Waals surface area (Å²) in [5.74, 6) is 1.22. The fraction of sp³-hybridized carbons (Fsp3) is 0.364. The minimum absolute atomic E-state index is 0.0388. The first-order chi connectivity index (χ1) is 12.6. The first kappa shape index (κ1) is 16.8. The van der Waals surface area contributed by atoms with Gasteiger partial charge in [-0.1, -0.05) is 31.0 Å². The van der Waals surface area contributed by atoms with Crippen molar-refractivity contribution in [3.05, 3.63) is 53.6 Å². The summed E-state index contributed by atoms with van der Waals surface area (Å²) >= 11 is 0. The van der Waals surface area contributed by atoms with Crippen molar-refractivity contribution in [1.82, 2.24) is 0 Å². The molecular weight excluding hydrogens is 326 g/mol. The molecule has 0 radical (unpaired) electrons. The van der Waals surface area contributed by atoms with Gasteiger partial charge in [0.2, 0.25) is 11.8 Å². The van der Waals surface area contributed by atoms with Gasteiger partial charge in [0.15, 0.2) is 0 Å². The second-order valence-corrected chi connectivity index (χ2v) is 7.33. The van der Waals surface area contributed by atoms with Crippen molar-refractivity contribution in [2.75, 3.05) is 4.90 Å². The Morgan fingerprint density at radius 2 is 1.38 bits per heavy atom. The standard InChI is InChI=1S/C22H23NO3/c1-14-6-5-7-15(2)20(14)26-17-12-10-16(11-13-17)23-21(24)18-8-3-4-9-19(18)22(23)25/h5-7,10-13,18-19H,3-4,8-9H2,1-2H3. The number of carbonyl (C=O) groups excluding carboxylic acids is 2. The summed E-state index contributed by atoms with van der Waals surface area (Å²) in [6.45, 7) is 4.03. The summed E-state index contributed by atoms with van der Waals surface area (Å²) < 4.78 is 6.02. The first-order valence-corrected chi connectivity index (χ1v) is 9.28. The molecule has 2 amide bonds. The molecule has 4 rings (SSSR count). The van der Waals surface area contributed by atoms with Crippen LogP contribution in [-0.4, -0.2) is 11.8 Å². The van der Waals surface area contributed by atoms with Crippen LogP contribution >= 0.6 is 0 Å². The van der Waals surface area contributed by atoms with E-state index in [0.717, 1.165) is 42.6 Å². The van der Waals surface area contributed by atoms with Crippen LogP contribution in [0.2, 0.25) is 0 Å². The van der Waals surface area contributed by atoms with E-state index in [1.807, 2.05) is 44.2 Å². The molecule has 1 saturated carbocycles. The van der Waals surface area contributed by atoms with Crippen LogP contribution in [0.4, 0.5) is 5.69 Å². The Morgan fingerprint density at radius 1 is 0.846 bits per heavy atom. The maximum absolute atomic E-state index is 12.7. The smallest absolute Gasteiger partial charge is 0.237 e. The number of carbonyl (C=O) groups is 2. The summed E-state index contributed by atoms with van der Waals surface area (Å²) in [5, 5.41) is 0. The second-order valence-electron chi connectivity index (χ2n) is 7.33. The third-order valence-electron chi connectivity index (χ3n) is 5.56. The molecule has 4 nitrogen and oxygen atoms in total. The Balaban J connectivity index is 1.56. The lowest BCUT2D eigenvalue weighted by atomic mass is 9.81. The number of fused-ring (bicyclic) bond motifs is 1. The normalized spacial score (nSPS) is 22.5. The van der Waals surface area contributed by atoms with Crippen LogP contribution in [-0.2, 0) is 9.59 Å². The van der Waals surface area contributed by atoms with Gasteiger partial charge >= 0.3 is 0 Å². The molecule has 0 aromatic heterocycles. The van der Waals surface area contributed by atoms with Crippen molar-refractivity contribution in [3.8, 4) is 11.5 Å². The van der Waals surface area contributed by atoms with Crippen molar-refractivity contribution < 1.29 is 14.3 Å². The number of imide groups is 1. The predicted molar refractivity (Wildman–Crippen MR) is 100 cm³/mol. The molecule has 2 aliphatic rings. The van der Waals surface area contributed by atoms with E-state index in [4.69, 9.17) is 4.74 Å². The van der Waals surface area contributed by atoms with Crippen molar-refractivity contribution in [1.29, 1.82) is 0 Å². The largest absolute Gasteiger partial charge is 0.457 e. The Kier molecular flexibility index (Phi) is 4.27. The summed E-state index contributed by atoms with van der Waals surface area (Å²) in [7, 11) is 0. The zero-order chi connectivity index (χ0) is 18.3. The molecule has 2 atom stereocenters. The van der Waals surface area contributed by atoms with E-state index in [9.17, 15) is 9.59 Å². The molecule has 0 bridgehead atoms. The van der Waals surface area contributed by atoms with Gasteiger partial charge in [0.05, 0.1) is 17.5 Å². The average Bonchev–Trinajstić information content (AvgIpc) is 2.90. The fourth-order valence-corrected chi connectivity index (χ4v) is 4.16. The maximum Gasteiger partial charge on any atom is 0.237 e. The quantitative estimate of drug-likeness (QED) is 0.750. The van der Waals surface area contributed by atoms with Crippen LogP contribution in [0.3, 0.4) is 0 Å². The minimum Gasteiger partial charge on any atom is -0.457 e. The van der Waals surface area contributed by atoms with Crippen LogP contribution in [0.5, 0.6) is 11.5 Å². The fourth-order valence-electron chi connectivity index (χ4n) is 4.16. The van der Waals surface area contributed by atoms with Crippen LogP contribution in [0.1, 0.15) is 36.8 Å². The number of aryl methyl sites for hydroxylation is 2. The molecule has 2 unspecified atom stereocenters. The number of rotatable bonds is 3. The first-order valence-electron chi connectivity index (χ1n) is 9.28. The SMILES string of the molecule is Cc1cccc(C)c1Oc1ccc(N2C(=O)C3CCCCC3C2=O)cc1. The molecule has 1 aliphatic heterocycles. The zero-order valence-corrected chi connectivity index (χ0v) is 15.2. The van der Waals surface area contributed by atoms with Crippen molar-refractivity contribution in [2.45, 2.75) is 39.5 Å². The van der Waals surface area contributed by atoms with Crippen LogP contribution in [0, 0.1) is 25.7 Å². The molecule has 4 heteroatoms. The van der Waals surface area contributed by atoms with E-state index in [2.05, 4.69) is 0 Å². The number of ether oxygens (including phenoxy) is 1. The molecule has 2 aromatic carbocycles. The van der Waals surface area contributed by atoms with Crippen LogP contribution in [0.15, 0.2) is 42.5 Å². The summed E-state index contributed by atoms with van der Waals surface area (Å²) in [4.78, 5) is 26.8. The Hall–Kier alpha value is -2.62. The minimum atomic E-state index is -0.123. The van der Waals surface area contributed by atoms with E-state index in [1.165, 1.54) is 4.90 Å². The Morgan fingerprint density at radius 3 is 1.92 bits per heavy atom. The molecule has 1 saturated heterocycles. The van der Waals surface area contributed by atoms with E-state index in [0.29, 0.717) is 11.4 Å². The van der Waals surface area contributed by atoms with Gasteiger partial charge in [-0.2, -0.15) is 0 Å². The van der Waals surface area contributed by atoms with Crippen molar-refractivity contribution >= 4 is 17.5 Å². The number of amides is 2. The number of benzene rings is 2. The molecule has 2 fully saturated rings. The molecule has 1 heterocycles. The molecule has 26 heavy (non-hydrogen) atoms. The molecule has 0 spiro atoms. The molecule has 2 aromatic rings. The van der Waals surface area contributed by atoms with Gasteiger partial charge in [0.25, 0.3) is 0 Å². The van der Waals surface area contributed by atoms with Crippen molar-refractivity contribution in [3.63, 3.8) is 0 Å². The topological polar surface area (TPSA) is 46.6 Å². The number of anilines is 1. The Bertz CT molecular complexity index is 812. The average molecular weight is 349 g/mol. The van der Waals surface area contributed by atoms with Gasteiger partial charge in [-0.25, -0.2) is 0 Å². The molecule has 1 aliphatic carbocycles. The zero-order valence-electron chi connectivity index (χ0n) is 15.2. The summed E-state index contributed by atoms with van der Waals surface area (Å²) in [6, 6.07) is 13.3. The lowest BCUT2D eigenvalue weighted by Crippen LogP contribution is -2.30. The van der Waals surface area contributed by atoms with E-state index < -0.39 is 0 Å². The summed E-state index contributed by atoms with van der Waals surface area (Å²) in [5.41, 5.74) is 2.79. The van der Waals surface area contributed by atoms with E-state index >= 15 is 0 Å². The second kappa shape index (κ2) is 6.60. The van der Waals surface area contributed by atoms with Crippen LogP contribution < -0.4 is 9.64 Å². The number of para-hydroxylation sites is 1. The lowest BCUT2D eigenvalue weighted by Gasteiger charge is -2.19. The van der Waals surface area contributed by atoms with E-state index in [-0.39, 0.29) is 23.7 Å². The lowest BCUT2D eigenvalue weighted by molar-refractivity contribution is -0.122. The monoisotopic (exact) mass is 349 g/mol. The molecular formula is C22H23NO3. The van der Waals surface area contributed by atoms with E-state index in [1.54, 1.807) is 12.1 Å². The van der Waals surface area contributed by atoms with Gasteiger partial charge in [-0.05, 0) is 62.1 Å².